The van der Waals surface area contributed by atoms with Crippen LogP contribution in [0.15, 0.2) is 36.3 Å². The second-order valence-electron chi connectivity index (χ2n) is 4.00. The molecule has 0 radical (unpaired) electrons. The average Bonchev–Trinajstić information content (AvgIpc) is 2.51. The Kier molecular flexibility index (Phi) is 7.48. The van der Waals surface area contributed by atoms with Gasteiger partial charge in [0.15, 0.2) is 0 Å². The Bertz CT molecular complexity index is 594. The molecular formula is C14H13Cl3O6. The Morgan fingerprint density at radius 3 is 2.39 bits per heavy atom. The topological polar surface area (TPSA) is 71.1 Å². The number of hydrogen-bond acceptors (Lipinski definition) is 6. The summed E-state index contributed by atoms with van der Waals surface area (Å²) in [5.74, 6) is -1.77. The summed E-state index contributed by atoms with van der Waals surface area (Å²) in [6, 6.07) is 6.06. The number of esters is 2. The molecule has 1 aromatic carbocycles. The van der Waals surface area contributed by atoms with Gasteiger partial charge in [0.2, 0.25) is 9.55 Å². The van der Waals surface area contributed by atoms with Crippen LogP contribution in [0.5, 0.6) is 5.75 Å². The highest BCUT2D eigenvalue weighted by Gasteiger charge is 2.24. The smallest absolute Gasteiger partial charge is 0.377 e. The molecule has 0 aliphatic rings. The van der Waals surface area contributed by atoms with E-state index in [1.807, 2.05) is 0 Å². The molecule has 0 saturated heterocycles. The van der Waals surface area contributed by atoms with E-state index in [4.69, 9.17) is 49.0 Å². The van der Waals surface area contributed by atoms with Crippen LogP contribution in [0.2, 0.25) is 0 Å². The molecule has 0 atom stereocenters. The molecule has 0 aliphatic heterocycles. The maximum Gasteiger partial charge on any atom is 0.377 e. The van der Waals surface area contributed by atoms with Gasteiger partial charge >= 0.3 is 11.9 Å². The minimum atomic E-state index is -1.74. The van der Waals surface area contributed by atoms with Crippen molar-refractivity contribution in [2.75, 3.05) is 20.8 Å². The minimum Gasteiger partial charge on any atom is -0.500 e. The van der Waals surface area contributed by atoms with Crippen molar-refractivity contribution in [2.45, 2.75) is 3.79 Å². The van der Waals surface area contributed by atoms with Crippen molar-refractivity contribution < 1.29 is 28.5 Å². The zero-order valence-corrected chi connectivity index (χ0v) is 14.4. The Labute approximate surface area is 147 Å². The molecule has 1 rings (SSSR count). The lowest BCUT2D eigenvalue weighted by Gasteiger charge is -2.14. The molecule has 9 heteroatoms. The van der Waals surface area contributed by atoms with E-state index in [2.05, 4.69) is 4.74 Å². The number of carbonyl (C=O) groups excluding carboxylic acids is 2. The lowest BCUT2D eigenvalue weighted by atomic mass is 10.2. The number of hydrogen-bond donors (Lipinski definition) is 0. The number of rotatable bonds is 6. The largest absolute Gasteiger partial charge is 0.500 e. The first-order valence-corrected chi connectivity index (χ1v) is 7.24. The van der Waals surface area contributed by atoms with Crippen LogP contribution in [0, 0.1) is 0 Å². The van der Waals surface area contributed by atoms with Gasteiger partial charge < -0.3 is 18.9 Å². The Balaban J connectivity index is 2.98. The third-order valence-corrected chi connectivity index (χ3v) is 2.63. The maximum absolute atomic E-state index is 12.0. The van der Waals surface area contributed by atoms with E-state index in [0.717, 1.165) is 6.26 Å². The fourth-order valence-corrected chi connectivity index (χ4v) is 1.55. The van der Waals surface area contributed by atoms with Crippen molar-refractivity contribution in [3.8, 4) is 5.75 Å². The zero-order valence-electron chi connectivity index (χ0n) is 12.2. The lowest BCUT2D eigenvalue weighted by molar-refractivity contribution is -0.138. The van der Waals surface area contributed by atoms with Gasteiger partial charge in [0, 0.05) is 0 Å². The fourth-order valence-electron chi connectivity index (χ4n) is 1.39. The molecule has 0 unspecified atom stereocenters. The number of halogens is 3. The zero-order chi connectivity index (χ0) is 17.5. The molecule has 1 aromatic rings. The minimum absolute atomic E-state index is 0.0349. The Hall–Kier alpha value is -1.63. The van der Waals surface area contributed by atoms with Gasteiger partial charge in [0.1, 0.15) is 24.2 Å². The van der Waals surface area contributed by atoms with Gasteiger partial charge in [-0.2, -0.15) is 0 Å². The van der Waals surface area contributed by atoms with Crippen molar-refractivity contribution in [3.05, 3.63) is 41.9 Å². The SMILES string of the molecule is CO/C=C(/Oc1ccccc1C(=O)OCC(Cl)(Cl)Cl)C(=O)OC. The van der Waals surface area contributed by atoms with Crippen LogP contribution in [0.25, 0.3) is 0 Å². The van der Waals surface area contributed by atoms with Gasteiger partial charge in [-0.25, -0.2) is 9.59 Å². The summed E-state index contributed by atoms with van der Waals surface area (Å²) in [5, 5.41) is 0. The summed E-state index contributed by atoms with van der Waals surface area (Å²) in [6.07, 6.45) is 1.04. The molecule has 126 valence electrons. The van der Waals surface area contributed by atoms with Crippen LogP contribution in [-0.4, -0.2) is 36.6 Å². The third-order valence-electron chi connectivity index (χ3n) is 2.31. The van der Waals surface area contributed by atoms with Crippen molar-refractivity contribution in [1.29, 1.82) is 0 Å². The van der Waals surface area contributed by atoms with E-state index in [-0.39, 0.29) is 17.1 Å². The average molecular weight is 384 g/mol. The molecule has 0 bridgehead atoms. The van der Waals surface area contributed by atoms with Crippen molar-refractivity contribution in [2.24, 2.45) is 0 Å². The summed E-state index contributed by atoms with van der Waals surface area (Å²) >= 11 is 16.6. The summed E-state index contributed by atoms with van der Waals surface area (Å²) in [4.78, 5) is 23.6. The molecule has 0 spiro atoms. The van der Waals surface area contributed by atoms with E-state index in [1.165, 1.54) is 26.4 Å². The van der Waals surface area contributed by atoms with Gasteiger partial charge in [-0.05, 0) is 12.1 Å². The van der Waals surface area contributed by atoms with Gasteiger partial charge in [0.05, 0.1) is 14.2 Å². The Morgan fingerprint density at radius 2 is 1.83 bits per heavy atom. The third kappa shape index (κ3) is 6.56. The second kappa shape index (κ2) is 8.86. The van der Waals surface area contributed by atoms with E-state index in [1.54, 1.807) is 12.1 Å². The van der Waals surface area contributed by atoms with Gasteiger partial charge in [-0.3, -0.25) is 0 Å². The molecule has 0 heterocycles. The lowest BCUT2D eigenvalue weighted by Crippen LogP contribution is -2.18. The van der Waals surface area contributed by atoms with Crippen molar-refractivity contribution in [1.82, 2.24) is 0 Å². The second-order valence-corrected chi connectivity index (χ2v) is 6.51. The molecule has 0 saturated carbocycles. The van der Waals surface area contributed by atoms with Crippen LogP contribution >= 0.6 is 34.8 Å². The molecule has 6 nitrogen and oxygen atoms in total. The van der Waals surface area contributed by atoms with E-state index in [9.17, 15) is 9.59 Å². The molecule has 23 heavy (non-hydrogen) atoms. The predicted octanol–water partition coefficient (Wildman–Crippen LogP) is 3.25. The van der Waals surface area contributed by atoms with Crippen LogP contribution in [-0.2, 0) is 19.0 Å². The van der Waals surface area contributed by atoms with E-state index in [0.29, 0.717) is 0 Å². The highest BCUT2D eigenvalue weighted by atomic mass is 35.6. The summed E-state index contributed by atoms with van der Waals surface area (Å²) in [5.41, 5.74) is 0.0349. The Morgan fingerprint density at radius 1 is 1.17 bits per heavy atom. The van der Waals surface area contributed by atoms with Gasteiger partial charge in [0.25, 0.3) is 0 Å². The monoisotopic (exact) mass is 382 g/mol. The molecule has 0 fully saturated rings. The van der Waals surface area contributed by atoms with Crippen molar-refractivity contribution >= 4 is 46.7 Å². The number of benzene rings is 1. The van der Waals surface area contributed by atoms with Gasteiger partial charge in [-0.1, -0.05) is 46.9 Å². The molecule has 0 aliphatic carbocycles. The molecular weight excluding hydrogens is 371 g/mol. The number of ether oxygens (including phenoxy) is 4. The number of carbonyl (C=O) groups is 2. The maximum atomic E-state index is 12.0. The first kappa shape index (κ1) is 19.4. The van der Waals surface area contributed by atoms with Crippen LogP contribution in [0.1, 0.15) is 10.4 Å². The standard InChI is InChI=1S/C14H13Cl3O6/c1-20-7-11(13(19)21-2)23-10-6-4-3-5-9(10)12(18)22-8-14(15,16)17/h3-7H,8H2,1-2H3/b11-7+. The number of methoxy groups -OCH3 is 2. The number of para-hydroxylation sites is 1. The highest BCUT2D eigenvalue weighted by molar-refractivity contribution is 6.67. The first-order chi connectivity index (χ1) is 10.8. The summed E-state index contributed by atoms with van der Waals surface area (Å²) in [6.45, 7) is -0.442. The van der Waals surface area contributed by atoms with E-state index >= 15 is 0 Å². The predicted molar refractivity (Wildman–Crippen MR) is 84.8 cm³/mol. The fraction of sp³-hybridized carbons (Fsp3) is 0.286. The first-order valence-electron chi connectivity index (χ1n) is 6.10. The molecule has 0 amide bonds. The number of alkyl halides is 3. The quantitative estimate of drug-likeness (QED) is 0.325. The van der Waals surface area contributed by atoms with Crippen molar-refractivity contribution in [3.63, 3.8) is 0 Å². The van der Waals surface area contributed by atoms with E-state index < -0.39 is 22.3 Å². The molecule has 0 N–H and O–H groups in total. The molecule has 0 aromatic heterocycles. The van der Waals surface area contributed by atoms with Crippen LogP contribution in [0.3, 0.4) is 0 Å². The summed E-state index contributed by atoms with van der Waals surface area (Å²) < 4.78 is 17.8. The van der Waals surface area contributed by atoms with Crippen LogP contribution < -0.4 is 4.74 Å². The normalized spacial score (nSPS) is 11.6. The summed E-state index contributed by atoms with van der Waals surface area (Å²) in [7, 11) is 2.50. The van der Waals surface area contributed by atoms with Gasteiger partial charge in [-0.15, -0.1) is 0 Å². The highest BCUT2D eigenvalue weighted by Crippen LogP contribution is 2.27. The van der Waals surface area contributed by atoms with Crippen LogP contribution in [0.4, 0.5) is 0 Å².